The number of rotatable bonds is 2. The Kier molecular flexibility index (Phi) is 2.87. The van der Waals surface area contributed by atoms with E-state index in [-0.39, 0.29) is 5.56 Å². The molecule has 0 spiro atoms. The first-order chi connectivity index (χ1) is 8.08. The lowest BCUT2D eigenvalue weighted by Crippen LogP contribution is -2.12. The Morgan fingerprint density at radius 2 is 1.71 bits per heavy atom. The number of carbonyl (C=O) groups is 1. The summed E-state index contributed by atoms with van der Waals surface area (Å²) in [7, 11) is 0. The van der Waals surface area contributed by atoms with E-state index in [0.29, 0.717) is 11.1 Å². The molecule has 0 fully saturated rings. The van der Waals surface area contributed by atoms with Gasteiger partial charge in [0.15, 0.2) is 0 Å². The molecule has 86 valence electrons. The van der Waals surface area contributed by atoms with Gasteiger partial charge in [-0.25, -0.2) is 8.78 Å². The molecular formula is C13H9F2NO. The topological polar surface area (TPSA) is 43.1 Å². The van der Waals surface area contributed by atoms with E-state index in [1.54, 1.807) is 6.07 Å². The predicted molar refractivity (Wildman–Crippen MR) is 60.3 cm³/mol. The maximum absolute atomic E-state index is 13.5. The minimum absolute atomic E-state index is 0.176. The fraction of sp³-hybridized carbons (Fsp3) is 0. The number of nitrogens with two attached hydrogens (primary N) is 1. The smallest absolute Gasteiger partial charge is 0.251 e. The monoisotopic (exact) mass is 233 g/mol. The highest BCUT2D eigenvalue weighted by molar-refractivity contribution is 5.93. The van der Waals surface area contributed by atoms with Crippen molar-refractivity contribution in [2.75, 3.05) is 0 Å². The van der Waals surface area contributed by atoms with Gasteiger partial charge >= 0.3 is 0 Å². The van der Waals surface area contributed by atoms with E-state index >= 15 is 0 Å². The van der Waals surface area contributed by atoms with Crippen LogP contribution in [0.1, 0.15) is 10.4 Å². The van der Waals surface area contributed by atoms with Gasteiger partial charge in [0.05, 0.1) is 5.56 Å². The number of primary amides is 1. The molecule has 0 aromatic heterocycles. The van der Waals surface area contributed by atoms with Gasteiger partial charge in [-0.05, 0) is 35.4 Å². The summed E-state index contributed by atoms with van der Waals surface area (Å²) >= 11 is 0. The van der Waals surface area contributed by atoms with Crippen molar-refractivity contribution in [3.63, 3.8) is 0 Å². The fourth-order valence-electron chi connectivity index (χ4n) is 1.56. The van der Waals surface area contributed by atoms with E-state index < -0.39 is 17.5 Å². The lowest BCUT2D eigenvalue weighted by Gasteiger charge is -2.04. The molecule has 0 aliphatic heterocycles. The summed E-state index contributed by atoms with van der Waals surface area (Å²) in [5.74, 6) is -1.94. The first kappa shape index (κ1) is 11.3. The minimum atomic E-state index is -0.826. The third-order valence-corrected chi connectivity index (χ3v) is 2.39. The van der Waals surface area contributed by atoms with Crippen LogP contribution in [-0.2, 0) is 0 Å². The van der Waals surface area contributed by atoms with Gasteiger partial charge in [-0.3, -0.25) is 4.79 Å². The zero-order chi connectivity index (χ0) is 12.4. The third kappa shape index (κ3) is 2.30. The first-order valence-electron chi connectivity index (χ1n) is 4.93. The molecule has 0 aliphatic carbocycles. The molecule has 0 saturated heterocycles. The Balaban J connectivity index is 2.48. The Morgan fingerprint density at radius 1 is 1.00 bits per heavy atom. The number of hydrogen-bond donors (Lipinski definition) is 1. The molecule has 1 amide bonds. The zero-order valence-electron chi connectivity index (χ0n) is 8.78. The van der Waals surface area contributed by atoms with Crippen LogP contribution in [0.25, 0.3) is 11.1 Å². The van der Waals surface area contributed by atoms with Crippen molar-refractivity contribution >= 4 is 5.91 Å². The van der Waals surface area contributed by atoms with Crippen LogP contribution in [0.2, 0.25) is 0 Å². The Hall–Kier alpha value is -2.23. The summed E-state index contributed by atoms with van der Waals surface area (Å²) in [5, 5.41) is 0. The van der Waals surface area contributed by atoms with Crippen LogP contribution >= 0.6 is 0 Å². The molecule has 0 atom stereocenters. The molecule has 0 bridgehead atoms. The lowest BCUT2D eigenvalue weighted by atomic mass is 10.0. The van der Waals surface area contributed by atoms with E-state index in [9.17, 15) is 13.6 Å². The SMILES string of the molecule is NC(=O)c1ccc(-c2cccc(F)c2)cc1F. The second kappa shape index (κ2) is 4.33. The number of hydrogen-bond acceptors (Lipinski definition) is 1. The normalized spacial score (nSPS) is 10.2. The summed E-state index contributed by atoms with van der Waals surface area (Å²) in [5.41, 5.74) is 5.85. The van der Waals surface area contributed by atoms with Gasteiger partial charge < -0.3 is 5.73 Å². The summed E-state index contributed by atoms with van der Waals surface area (Å²) in [4.78, 5) is 10.8. The van der Waals surface area contributed by atoms with Crippen LogP contribution in [0.3, 0.4) is 0 Å². The number of halogens is 2. The van der Waals surface area contributed by atoms with Crippen molar-refractivity contribution in [3.05, 3.63) is 59.7 Å². The summed E-state index contributed by atoms with van der Waals surface area (Å²) in [6.45, 7) is 0. The van der Waals surface area contributed by atoms with Crippen LogP contribution in [0.15, 0.2) is 42.5 Å². The molecule has 2 N–H and O–H groups in total. The van der Waals surface area contributed by atoms with E-state index in [2.05, 4.69) is 0 Å². The second-order valence-electron chi connectivity index (χ2n) is 3.57. The van der Waals surface area contributed by atoms with Crippen molar-refractivity contribution in [2.45, 2.75) is 0 Å². The molecule has 0 aliphatic rings. The highest BCUT2D eigenvalue weighted by Crippen LogP contribution is 2.22. The highest BCUT2D eigenvalue weighted by Gasteiger charge is 2.09. The maximum atomic E-state index is 13.5. The number of amides is 1. The average molecular weight is 233 g/mol. The number of benzene rings is 2. The molecule has 0 saturated carbocycles. The molecule has 2 rings (SSSR count). The predicted octanol–water partition coefficient (Wildman–Crippen LogP) is 2.73. The molecule has 2 nitrogen and oxygen atoms in total. The van der Waals surface area contributed by atoms with Crippen molar-refractivity contribution in [3.8, 4) is 11.1 Å². The third-order valence-electron chi connectivity index (χ3n) is 2.39. The molecule has 4 heteroatoms. The van der Waals surface area contributed by atoms with Gasteiger partial charge in [0.25, 0.3) is 5.91 Å². The molecule has 2 aromatic carbocycles. The average Bonchev–Trinajstić information content (AvgIpc) is 2.28. The van der Waals surface area contributed by atoms with Crippen molar-refractivity contribution in [1.82, 2.24) is 0 Å². The summed E-state index contributed by atoms with van der Waals surface area (Å²) in [6.07, 6.45) is 0. The Bertz CT molecular complexity index is 581. The van der Waals surface area contributed by atoms with Crippen LogP contribution in [0.5, 0.6) is 0 Å². The molecule has 0 unspecified atom stereocenters. The van der Waals surface area contributed by atoms with Gasteiger partial charge in [0.1, 0.15) is 11.6 Å². The van der Waals surface area contributed by atoms with Gasteiger partial charge in [0.2, 0.25) is 0 Å². The summed E-state index contributed by atoms with van der Waals surface area (Å²) in [6, 6.07) is 9.76. The molecule has 2 aromatic rings. The zero-order valence-corrected chi connectivity index (χ0v) is 8.78. The molecular weight excluding hydrogens is 224 g/mol. The second-order valence-corrected chi connectivity index (χ2v) is 3.57. The van der Waals surface area contributed by atoms with Crippen LogP contribution in [0, 0.1) is 11.6 Å². The van der Waals surface area contributed by atoms with Crippen LogP contribution < -0.4 is 5.73 Å². The quantitative estimate of drug-likeness (QED) is 0.851. The molecule has 0 radical (unpaired) electrons. The Labute approximate surface area is 96.7 Å². The van der Waals surface area contributed by atoms with E-state index in [0.717, 1.165) is 6.07 Å². The fourth-order valence-corrected chi connectivity index (χ4v) is 1.56. The summed E-state index contributed by atoms with van der Waals surface area (Å²) < 4.78 is 26.5. The first-order valence-corrected chi connectivity index (χ1v) is 4.93. The minimum Gasteiger partial charge on any atom is -0.366 e. The highest BCUT2D eigenvalue weighted by atomic mass is 19.1. The molecule has 17 heavy (non-hydrogen) atoms. The van der Waals surface area contributed by atoms with Crippen LogP contribution in [0.4, 0.5) is 8.78 Å². The maximum Gasteiger partial charge on any atom is 0.251 e. The van der Waals surface area contributed by atoms with Crippen LogP contribution in [-0.4, -0.2) is 5.91 Å². The number of carbonyl (C=O) groups excluding carboxylic acids is 1. The van der Waals surface area contributed by atoms with Crippen molar-refractivity contribution < 1.29 is 13.6 Å². The lowest BCUT2D eigenvalue weighted by molar-refractivity contribution is 0.0996. The standard InChI is InChI=1S/C13H9F2NO/c14-10-3-1-2-8(6-10)9-4-5-11(13(16)17)12(15)7-9/h1-7H,(H2,16,17). The van der Waals surface area contributed by atoms with Gasteiger partial charge in [-0.2, -0.15) is 0 Å². The van der Waals surface area contributed by atoms with E-state index in [4.69, 9.17) is 5.73 Å². The van der Waals surface area contributed by atoms with Gasteiger partial charge in [-0.15, -0.1) is 0 Å². The largest absolute Gasteiger partial charge is 0.366 e. The van der Waals surface area contributed by atoms with E-state index in [1.165, 1.54) is 30.3 Å². The van der Waals surface area contributed by atoms with Gasteiger partial charge in [-0.1, -0.05) is 18.2 Å². The Morgan fingerprint density at radius 3 is 2.29 bits per heavy atom. The van der Waals surface area contributed by atoms with Crippen molar-refractivity contribution in [2.24, 2.45) is 5.73 Å². The molecule has 0 heterocycles. The van der Waals surface area contributed by atoms with E-state index in [1.807, 2.05) is 0 Å². The van der Waals surface area contributed by atoms with Gasteiger partial charge in [0, 0.05) is 0 Å². The van der Waals surface area contributed by atoms with Crippen molar-refractivity contribution in [1.29, 1.82) is 0 Å².